The van der Waals surface area contributed by atoms with E-state index in [9.17, 15) is 0 Å². The summed E-state index contributed by atoms with van der Waals surface area (Å²) in [7, 11) is 0. The number of allylic oxidation sites excluding steroid dienone is 16. The van der Waals surface area contributed by atoms with E-state index in [1.807, 2.05) is 18.2 Å². The lowest BCUT2D eigenvalue weighted by Gasteiger charge is -2.31. The summed E-state index contributed by atoms with van der Waals surface area (Å²) >= 11 is 0. The van der Waals surface area contributed by atoms with Crippen molar-refractivity contribution < 1.29 is 0 Å². The molecule has 11 rings (SSSR count). The Hall–Kier alpha value is -6.78. The molecule has 0 N–H and O–H groups in total. The van der Waals surface area contributed by atoms with Crippen molar-refractivity contribution in [1.82, 2.24) is 19.9 Å². The molecule has 4 atom stereocenters. The van der Waals surface area contributed by atoms with Gasteiger partial charge in [-0.1, -0.05) is 172 Å². The molecule has 0 saturated heterocycles. The molecule has 0 fully saturated rings. The van der Waals surface area contributed by atoms with E-state index in [1.54, 1.807) is 0 Å². The van der Waals surface area contributed by atoms with Crippen LogP contribution in [0.3, 0.4) is 0 Å². The highest BCUT2D eigenvalue weighted by atomic mass is 15.0. The molecule has 0 bridgehead atoms. The van der Waals surface area contributed by atoms with Gasteiger partial charge in [-0.15, -0.1) is 0 Å². The van der Waals surface area contributed by atoms with Crippen molar-refractivity contribution in [2.24, 2.45) is 11.8 Å². The molecule has 0 spiro atoms. The van der Waals surface area contributed by atoms with Gasteiger partial charge in [0.15, 0.2) is 11.6 Å². The number of benzene rings is 4. The zero-order chi connectivity index (χ0) is 38.1. The summed E-state index contributed by atoms with van der Waals surface area (Å²) in [5.41, 5.74) is 14.0. The highest BCUT2D eigenvalue weighted by molar-refractivity contribution is 5.95. The van der Waals surface area contributed by atoms with Gasteiger partial charge in [0.05, 0.1) is 11.2 Å². The van der Waals surface area contributed by atoms with Gasteiger partial charge >= 0.3 is 0 Å². The van der Waals surface area contributed by atoms with Gasteiger partial charge in [0.25, 0.3) is 0 Å². The summed E-state index contributed by atoms with van der Waals surface area (Å²) < 4.78 is 0. The first kappa shape index (κ1) is 33.5. The van der Waals surface area contributed by atoms with Crippen LogP contribution in [-0.2, 0) is 5.41 Å². The van der Waals surface area contributed by atoms with Crippen molar-refractivity contribution in [3.63, 3.8) is 0 Å². The highest BCUT2D eigenvalue weighted by Gasteiger charge is 2.37. The van der Waals surface area contributed by atoms with Crippen molar-refractivity contribution in [1.29, 1.82) is 0 Å². The van der Waals surface area contributed by atoms with Crippen molar-refractivity contribution in [2.45, 2.75) is 31.1 Å². The Kier molecular flexibility index (Phi) is 7.75. The normalized spacial score (nSPS) is 22.0. The fourth-order valence-electron chi connectivity index (χ4n) is 9.58. The maximum atomic E-state index is 5.41. The maximum Gasteiger partial charge on any atom is 0.163 e. The molecule has 57 heavy (non-hydrogen) atoms. The van der Waals surface area contributed by atoms with Crippen molar-refractivity contribution in [2.75, 3.05) is 0 Å². The van der Waals surface area contributed by atoms with Crippen LogP contribution in [0.4, 0.5) is 0 Å². The van der Waals surface area contributed by atoms with E-state index >= 15 is 0 Å². The van der Waals surface area contributed by atoms with Gasteiger partial charge in [-0.25, -0.2) is 19.9 Å². The molecule has 4 heteroatoms. The molecule has 2 aromatic heterocycles. The standard InChI is InChI=1S/C53H40N4/c1-53(2)46-27-14-13-25-40(46)44-30-45-43(31-48(34-17-5-3-6-18-34)54-49(45)32-47(44)53)42-29-37(28-36-21-10-12-24-39(36)42)51-55-50(35-19-7-4-8-20-35)56-52(57-51)41-26-15-22-33-16-9-11-23-38(33)41/h3-32,38-39,41-42H,1-2H3. The number of fused-ring (bicyclic) bond motifs is 6. The third-order valence-electron chi connectivity index (χ3n) is 12.5. The number of aromatic nitrogens is 4. The number of hydrogen-bond acceptors (Lipinski definition) is 4. The van der Waals surface area contributed by atoms with Crippen LogP contribution in [0.1, 0.15) is 54.0 Å². The van der Waals surface area contributed by atoms with Gasteiger partial charge in [-0.3, -0.25) is 0 Å². The Morgan fingerprint density at radius 1 is 0.526 bits per heavy atom. The second-order valence-corrected chi connectivity index (χ2v) is 16.2. The first-order valence-corrected chi connectivity index (χ1v) is 20.0. The summed E-state index contributed by atoms with van der Waals surface area (Å²) in [6.45, 7) is 4.68. The number of nitrogens with zero attached hydrogens (tertiary/aromatic N) is 4. The molecule has 0 amide bonds. The smallest absolute Gasteiger partial charge is 0.163 e. The van der Waals surface area contributed by atoms with E-state index in [4.69, 9.17) is 19.9 Å². The van der Waals surface area contributed by atoms with E-state index in [2.05, 4.69) is 178 Å². The lowest BCUT2D eigenvalue weighted by molar-refractivity contribution is 0.626. The molecule has 5 aliphatic carbocycles. The zero-order valence-corrected chi connectivity index (χ0v) is 31.9. The second kappa shape index (κ2) is 13.2. The number of hydrogen-bond donors (Lipinski definition) is 0. The Morgan fingerprint density at radius 2 is 1.21 bits per heavy atom. The summed E-state index contributed by atoms with van der Waals surface area (Å²) in [5.74, 6) is 2.43. The van der Waals surface area contributed by atoms with Crippen LogP contribution < -0.4 is 0 Å². The average molecular weight is 733 g/mol. The lowest BCUT2D eigenvalue weighted by atomic mass is 9.73. The van der Waals surface area contributed by atoms with Gasteiger partial charge < -0.3 is 0 Å². The van der Waals surface area contributed by atoms with E-state index < -0.39 is 0 Å². The monoisotopic (exact) mass is 732 g/mol. The van der Waals surface area contributed by atoms with Gasteiger partial charge in [-0.05, 0) is 63.2 Å². The number of rotatable bonds is 5. The van der Waals surface area contributed by atoms with Gasteiger partial charge in [0.2, 0.25) is 0 Å². The highest BCUT2D eigenvalue weighted by Crippen LogP contribution is 2.52. The molecule has 272 valence electrons. The molecule has 0 saturated carbocycles. The van der Waals surface area contributed by atoms with Crippen molar-refractivity contribution >= 4 is 16.5 Å². The predicted molar refractivity (Wildman–Crippen MR) is 232 cm³/mol. The SMILES string of the molecule is CC1(C)c2ccccc2-c2cc3c(C4C=C(c5nc(-c6ccccc6)nc(C6C=CC=C7C=CC=CC76)n5)C=C5C=CC=CC54)cc(-c4ccccc4)nc3cc21. The molecule has 4 unspecified atom stereocenters. The Balaban J connectivity index is 1.13. The fraction of sp³-hybridized carbons (Fsp3) is 0.132. The van der Waals surface area contributed by atoms with Gasteiger partial charge in [-0.2, -0.15) is 0 Å². The molecule has 4 nitrogen and oxygen atoms in total. The minimum atomic E-state index is -0.129. The minimum absolute atomic E-state index is 0.00668. The number of pyridine rings is 1. The van der Waals surface area contributed by atoms with E-state index in [-0.39, 0.29) is 29.1 Å². The molecule has 4 aromatic carbocycles. The van der Waals surface area contributed by atoms with Crippen LogP contribution in [-0.4, -0.2) is 19.9 Å². The van der Waals surface area contributed by atoms with E-state index in [0.29, 0.717) is 11.6 Å². The molecule has 0 aliphatic heterocycles. The average Bonchev–Trinajstić information content (AvgIpc) is 3.50. The molecule has 6 aromatic rings. The summed E-state index contributed by atoms with van der Waals surface area (Å²) in [5, 5.41) is 1.18. The van der Waals surface area contributed by atoms with E-state index in [0.717, 1.165) is 33.7 Å². The minimum Gasteiger partial charge on any atom is -0.248 e. The maximum absolute atomic E-state index is 5.41. The third-order valence-corrected chi connectivity index (χ3v) is 12.5. The summed E-state index contributed by atoms with van der Waals surface area (Å²) in [4.78, 5) is 21.2. The fourth-order valence-corrected chi connectivity index (χ4v) is 9.58. The topological polar surface area (TPSA) is 51.6 Å². The molecular weight excluding hydrogens is 693 g/mol. The van der Waals surface area contributed by atoms with Crippen LogP contribution in [0.25, 0.3) is 50.2 Å². The molecule has 0 radical (unpaired) electrons. The van der Waals surface area contributed by atoms with Crippen LogP contribution >= 0.6 is 0 Å². The Morgan fingerprint density at radius 3 is 2.02 bits per heavy atom. The zero-order valence-electron chi connectivity index (χ0n) is 31.9. The van der Waals surface area contributed by atoms with Crippen LogP contribution in [0.2, 0.25) is 0 Å². The largest absolute Gasteiger partial charge is 0.248 e. The quantitative estimate of drug-likeness (QED) is 0.177. The van der Waals surface area contributed by atoms with Crippen molar-refractivity contribution in [3.05, 3.63) is 222 Å². The molecule has 2 heterocycles. The summed E-state index contributed by atoms with van der Waals surface area (Å²) in [6, 6.07) is 36.9. The third kappa shape index (κ3) is 5.58. The van der Waals surface area contributed by atoms with Gasteiger partial charge in [0, 0.05) is 51.2 Å². The van der Waals surface area contributed by atoms with E-state index in [1.165, 1.54) is 44.3 Å². The second-order valence-electron chi connectivity index (χ2n) is 16.2. The summed E-state index contributed by atoms with van der Waals surface area (Å²) in [6.07, 6.45) is 28.9. The molecular formula is C53H40N4. The van der Waals surface area contributed by atoms with Crippen LogP contribution in [0, 0.1) is 11.8 Å². The Bertz CT molecular complexity index is 2880. The van der Waals surface area contributed by atoms with Gasteiger partial charge in [0.1, 0.15) is 5.82 Å². The predicted octanol–water partition coefficient (Wildman–Crippen LogP) is 12.2. The lowest BCUT2D eigenvalue weighted by Crippen LogP contribution is -2.20. The van der Waals surface area contributed by atoms with Crippen LogP contribution in [0.15, 0.2) is 193 Å². The van der Waals surface area contributed by atoms with Crippen molar-refractivity contribution in [3.8, 4) is 33.8 Å². The van der Waals surface area contributed by atoms with Crippen LogP contribution in [0.5, 0.6) is 0 Å². The first-order chi connectivity index (χ1) is 28.0. The Labute approximate surface area is 333 Å². The first-order valence-electron chi connectivity index (χ1n) is 20.0. The molecule has 5 aliphatic rings.